The molecule has 1 fully saturated rings. The Morgan fingerprint density at radius 1 is 1.13 bits per heavy atom. The highest BCUT2D eigenvalue weighted by atomic mass is 28.4. The van der Waals surface area contributed by atoms with Crippen molar-refractivity contribution in [3.63, 3.8) is 0 Å². The molecule has 0 spiro atoms. The molecule has 130 valence electrons. The molecule has 1 aliphatic rings. The molecule has 0 bridgehead atoms. The lowest BCUT2D eigenvalue weighted by molar-refractivity contribution is 0.00578. The molecule has 0 N–H and O–H groups in total. The summed E-state index contributed by atoms with van der Waals surface area (Å²) in [7, 11) is -2.34. The Labute approximate surface area is 141 Å². The molecule has 0 unspecified atom stereocenters. The van der Waals surface area contributed by atoms with E-state index in [-0.39, 0.29) is 16.2 Å². The van der Waals surface area contributed by atoms with E-state index in [1.807, 2.05) is 27.7 Å². The Kier molecular flexibility index (Phi) is 4.65. The number of nitrogens with zero attached hydrogens (tertiary/aromatic N) is 1. The number of rotatable bonds is 4. The van der Waals surface area contributed by atoms with Crippen LogP contribution in [0.5, 0.6) is 0 Å². The zero-order chi connectivity index (χ0) is 17.7. The molecule has 1 aromatic heterocycles. The van der Waals surface area contributed by atoms with E-state index >= 15 is 0 Å². The highest BCUT2D eigenvalue weighted by Crippen LogP contribution is 2.38. The third-order valence-electron chi connectivity index (χ3n) is 5.42. The van der Waals surface area contributed by atoms with Gasteiger partial charge in [-0.3, -0.25) is 0 Å². The van der Waals surface area contributed by atoms with Crippen LogP contribution in [0.15, 0.2) is 10.6 Å². The summed E-state index contributed by atoms with van der Waals surface area (Å²) in [5.74, 6) is 0.569. The van der Waals surface area contributed by atoms with Crippen LogP contribution in [0.4, 0.5) is 0 Å². The van der Waals surface area contributed by atoms with E-state index < -0.39 is 15.4 Å². The maximum Gasteiger partial charge on any atom is 0.534 e. The minimum Gasteiger partial charge on any atom is -0.447 e. The minimum atomic E-state index is -1.82. The van der Waals surface area contributed by atoms with E-state index in [0.29, 0.717) is 18.2 Å². The van der Waals surface area contributed by atoms with Gasteiger partial charge in [0.1, 0.15) is 6.61 Å². The van der Waals surface area contributed by atoms with Crippen LogP contribution in [0.3, 0.4) is 0 Å². The summed E-state index contributed by atoms with van der Waals surface area (Å²) in [6, 6.07) is 0. The molecule has 0 radical (unpaired) electrons. The van der Waals surface area contributed by atoms with Crippen LogP contribution in [-0.2, 0) is 20.3 Å². The second-order valence-corrected chi connectivity index (χ2v) is 13.6. The normalized spacial score (nSPS) is 21.0. The number of aromatic nitrogens is 1. The number of hydrogen-bond acceptors (Lipinski definition) is 5. The average molecular weight is 339 g/mol. The van der Waals surface area contributed by atoms with Crippen molar-refractivity contribution in [3.05, 3.63) is 12.1 Å². The largest absolute Gasteiger partial charge is 0.534 e. The zero-order valence-corrected chi connectivity index (χ0v) is 16.9. The van der Waals surface area contributed by atoms with Crippen LogP contribution in [0.2, 0.25) is 18.1 Å². The van der Waals surface area contributed by atoms with Gasteiger partial charge in [0.2, 0.25) is 5.89 Å². The standard InChI is InChI=1S/C16H30BNO4Si/c1-14(2,3)23(8,9)19-11-13-18-10-12(20-13)17-21-15(4,5)16(6,7)22-17/h10H,11H2,1-9H3. The lowest BCUT2D eigenvalue weighted by Crippen LogP contribution is -2.41. The Hall–Kier alpha value is -0.628. The number of oxazole rings is 1. The molecule has 7 heteroatoms. The summed E-state index contributed by atoms with van der Waals surface area (Å²) in [6.45, 7) is 19.5. The van der Waals surface area contributed by atoms with Crippen LogP contribution in [-0.4, -0.2) is 31.6 Å². The molecular weight excluding hydrogens is 309 g/mol. The van der Waals surface area contributed by atoms with E-state index in [1.54, 1.807) is 6.20 Å². The van der Waals surface area contributed by atoms with Gasteiger partial charge < -0.3 is 18.2 Å². The fourth-order valence-electron chi connectivity index (χ4n) is 1.92. The maximum absolute atomic E-state index is 6.14. The van der Waals surface area contributed by atoms with Gasteiger partial charge in [-0.1, -0.05) is 20.8 Å². The number of hydrogen-bond donors (Lipinski definition) is 0. The minimum absolute atomic E-state index is 0.161. The lowest BCUT2D eigenvalue weighted by atomic mass is 9.87. The maximum atomic E-state index is 6.14. The van der Waals surface area contributed by atoms with Crippen molar-refractivity contribution in [1.29, 1.82) is 0 Å². The Bertz CT molecular complexity index is 547. The Morgan fingerprint density at radius 3 is 2.13 bits per heavy atom. The fraction of sp³-hybridized carbons (Fsp3) is 0.812. The highest BCUT2D eigenvalue weighted by Gasteiger charge is 2.53. The van der Waals surface area contributed by atoms with Gasteiger partial charge in [-0.15, -0.1) is 0 Å². The molecule has 0 atom stereocenters. The SMILES string of the molecule is CC1(C)OB(c2cnc(CO[Si](C)(C)C(C)(C)C)o2)OC1(C)C. The summed E-state index contributed by atoms with van der Waals surface area (Å²) in [6.07, 6.45) is 1.67. The molecular formula is C16H30BNO4Si. The predicted molar refractivity (Wildman–Crippen MR) is 94.2 cm³/mol. The van der Waals surface area contributed by atoms with E-state index in [4.69, 9.17) is 18.2 Å². The zero-order valence-electron chi connectivity index (χ0n) is 15.9. The van der Waals surface area contributed by atoms with Gasteiger partial charge in [-0.25, -0.2) is 4.98 Å². The smallest absolute Gasteiger partial charge is 0.447 e. The molecule has 0 aliphatic carbocycles. The first-order chi connectivity index (χ1) is 10.3. The van der Waals surface area contributed by atoms with Crippen LogP contribution in [0.25, 0.3) is 0 Å². The molecule has 0 aromatic carbocycles. The molecule has 1 saturated heterocycles. The molecule has 0 amide bonds. The fourth-order valence-corrected chi connectivity index (χ4v) is 2.84. The Balaban J connectivity index is 2.03. The summed E-state index contributed by atoms with van der Waals surface area (Å²) >= 11 is 0. The molecule has 2 heterocycles. The van der Waals surface area contributed by atoms with Crippen LogP contribution < -0.4 is 5.66 Å². The predicted octanol–water partition coefficient (Wildman–Crippen LogP) is 3.50. The second kappa shape index (κ2) is 5.72. The van der Waals surface area contributed by atoms with Gasteiger partial charge >= 0.3 is 7.12 Å². The van der Waals surface area contributed by atoms with Crippen LogP contribution in [0.1, 0.15) is 54.4 Å². The van der Waals surface area contributed by atoms with Gasteiger partial charge in [0, 0.05) is 0 Å². The summed E-state index contributed by atoms with van der Waals surface area (Å²) in [5, 5.41) is 0.161. The first kappa shape index (κ1) is 18.7. The monoisotopic (exact) mass is 339 g/mol. The van der Waals surface area contributed by atoms with E-state index in [9.17, 15) is 0 Å². The lowest BCUT2D eigenvalue weighted by Gasteiger charge is -2.35. The van der Waals surface area contributed by atoms with Gasteiger partial charge in [-0.05, 0) is 45.8 Å². The summed E-state index contributed by atoms with van der Waals surface area (Å²) in [5.41, 5.74) is -0.178. The van der Waals surface area contributed by atoms with Crippen LogP contribution in [0, 0.1) is 0 Å². The first-order valence-electron chi connectivity index (χ1n) is 8.19. The second-order valence-electron chi connectivity index (χ2n) is 8.79. The van der Waals surface area contributed by atoms with Crippen molar-refractivity contribution >= 4 is 21.1 Å². The molecule has 5 nitrogen and oxygen atoms in total. The Morgan fingerprint density at radius 2 is 1.65 bits per heavy atom. The first-order valence-corrected chi connectivity index (χ1v) is 11.1. The van der Waals surface area contributed by atoms with E-state index in [0.717, 1.165) is 0 Å². The average Bonchev–Trinajstić information content (AvgIpc) is 2.89. The molecule has 0 saturated carbocycles. The van der Waals surface area contributed by atoms with Gasteiger partial charge in [0.15, 0.2) is 14.0 Å². The van der Waals surface area contributed by atoms with Gasteiger partial charge in [0.05, 0.1) is 17.4 Å². The molecule has 23 heavy (non-hydrogen) atoms. The van der Waals surface area contributed by atoms with E-state index in [2.05, 4.69) is 38.8 Å². The summed E-state index contributed by atoms with van der Waals surface area (Å²) < 4.78 is 23.9. The topological polar surface area (TPSA) is 53.7 Å². The van der Waals surface area contributed by atoms with Crippen LogP contribution >= 0.6 is 0 Å². The summed E-state index contributed by atoms with van der Waals surface area (Å²) in [4.78, 5) is 4.31. The van der Waals surface area contributed by atoms with Gasteiger partial charge in [0.25, 0.3) is 0 Å². The van der Waals surface area contributed by atoms with Crippen molar-refractivity contribution in [2.24, 2.45) is 0 Å². The van der Waals surface area contributed by atoms with Crippen molar-refractivity contribution in [1.82, 2.24) is 4.98 Å². The quantitative estimate of drug-likeness (QED) is 0.786. The van der Waals surface area contributed by atoms with Crippen molar-refractivity contribution in [3.8, 4) is 0 Å². The van der Waals surface area contributed by atoms with E-state index in [1.165, 1.54) is 0 Å². The molecule has 2 rings (SSSR count). The molecule has 1 aromatic rings. The highest BCUT2D eigenvalue weighted by molar-refractivity contribution is 6.74. The van der Waals surface area contributed by atoms with Crippen molar-refractivity contribution < 1.29 is 18.2 Å². The van der Waals surface area contributed by atoms with Crippen molar-refractivity contribution in [2.75, 3.05) is 0 Å². The van der Waals surface area contributed by atoms with Gasteiger partial charge in [-0.2, -0.15) is 0 Å². The van der Waals surface area contributed by atoms with Crippen molar-refractivity contribution in [2.45, 2.75) is 84.4 Å². The molecule has 1 aliphatic heterocycles. The third kappa shape index (κ3) is 3.73. The third-order valence-corrected chi connectivity index (χ3v) is 9.90.